The average molecular weight is 489 g/mol. The molecule has 5 rings (SSSR count). The number of aromatic nitrogens is 1. The minimum absolute atomic E-state index is 0.00903. The molecule has 0 saturated carbocycles. The van der Waals surface area contributed by atoms with Gasteiger partial charge in [-0.1, -0.05) is 49.2 Å². The largest absolute Gasteiger partial charge is 0.458 e. The van der Waals surface area contributed by atoms with Gasteiger partial charge < -0.3 is 23.2 Å². The van der Waals surface area contributed by atoms with E-state index in [1.165, 1.54) is 21.8 Å². The van der Waals surface area contributed by atoms with Gasteiger partial charge in [0.2, 0.25) is 0 Å². The molecule has 0 bridgehead atoms. The molecule has 5 nitrogen and oxygen atoms in total. The predicted molar refractivity (Wildman–Crippen MR) is 149 cm³/mol. The summed E-state index contributed by atoms with van der Waals surface area (Å²) in [6.07, 6.45) is 2.99. The van der Waals surface area contributed by atoms with Gasteiger partial charge in [-0.15, -0.1) is 0 Å². The van der Waals surface area contributed by atoms with Crippen LogP contribution in [0.15, 0.2) is 48.5 Å². The lowest BCUT2D eigenvalue weighted by Crippen LogP contribution is -2.41. The maximum atomic E-state index is 6.51. The van der Waals surface area contributed by atoms with Crippen molar-refractivity contribution < 1.29 is 18.6 Å². The molecule has 2 fully saturated rings. The van der Waals surface area contributed by atoms with Gasteiger partial charge in [-0.3, -0.25) is 0 Å². The minimum Gasteiger partial charge on any atom is -0.403 e. The Kier molecular flexibility index (Phi) is 6.39. The molecule has 0 atom stereocenters. The van der Waals surface area contributed by atoms with E-state index in [1.807, 2.05) is 0 Å². The lowest BCUT2D eigenvalue weighted by Gasteiger charge is -2.32. The quantitative estimate of drug-likeness (QED) is 0.263. The standard InChI is InChI=1S/C29H41B2NO4/c1-26(2)27(3,4)34-30(33-26)25(31-35-28(5,6)29(7,8)36-31)19-13-14-20-32-23-17-11-9-15-21(23)22-16-10-12-18-24(22)32/h9-12,15-18,25H,13-14,19-20H2,1-8H3. The molecule has 0 unspecified atom stereocenters. The van der Waals surface area contributed by atoms with Crippen molar-refractivity contribution in [3.8, 4) is 0 Å². The van der Waals surface area contributed by atoms with Crippen LogP contribution in [0.4, 0.5) is 0 Å². The fourth-order valence-corrected chi connectivity index (χ4v) is 5.42. The summed E-state index contributed by atoms with van der Waals surface area (Å²) in [6.45, 7) is 17.8. The number of aryl methyl sites for hydroxylation is 1. The van der Waals surface area contributed by atoms with Crippen molar-refractivity contribution in [2.75, 3.05) is 0 Å². The maximum Gasteiger partial charge on any atom is 0.458 e. The van der Waals surface area contributed by atoms with Crippen molar-refractivity contribution in [3.05, 3.63) is 48.5 Å². The number of rotatable bonds is 7. The maximum absolute atomic E-state index is 6.51. The van der Waals surface area contributed by atoms with Gasteiger partial charge in [-0.05, 0) is 73.9 Å². The molecule has 3 heterocycles. The second kappa shape index (κ2) is 8.90. The molecule has 7 heteroatoms. The molecule has 2 saturated heterocycles. The molecule has 2 aliphatic heterocycles. The van der Waals surface area contributed by atoms with E-state index in [2.05, 4.69) is 108 Å². The molecular formula is C29H41B2NO4. The highest BCUT2D eigenvalue weighted by Gasteiger charge is 2.61. The number of hydrogen-bond donors (Lipinski definition) is 0. The zero-order valence-corrected chi connectivity index (χ0v) is 23.3. The van der Waals surface area contributed by atoms with E-state index >= 15 is 0 Å². The fraction of sp³-hybridized carbons (Fsp3) is 0.586. The average Bonchev–Trinajstić information content (AvgIpc) is 3.31. The van der Waals surface area contributed by atoms with Crippen molar-refractivity contribution in [2.45, 2.75) is 109 Å². The van der Waals surface area contributed by atoms with Gasteiger partial charge in [0.05, 0.1) is 22.4 Å². The SMILES string of the molecule is CC1(C)OB(C(CCCCn2c3ccccc3c3ccccc32)B2OC(C)(C)C(C)(C)O2)OC1(C)C. The Bertz CT molecular complexity index is 1130. The number of unbranched alkanes of at least 4 members (excludes halogenated alkanes) is 1. The van der Waals surface area contributed by atoms with Crippen LogP contribution in [0.3, 0.4) is 0 Å². The Hall–Kier alpha value is -1.79. The summed E-state index contributed by atoms with van der Waals surface area (Å²) in [6, 6.07) is 17.4. The highest BCUT2D eigenvalue weighted by Crippen LogP contribution is 2.46. The zero-order valence-electron chi connectivity index (χ0n) is 23.3. The highest BCUT2D eigenvalue weighted by molar-refractivity contribution is 6.68. The number of benzene rings is 2. The first-order chi connectivity index (χ1) is 16.8. The molecule has 0 N–H and O–H groups in total. The summed E-state index contributed by atoms with van der Waals surface area (Å²) < 4.78 is 28.5. The van der Waals surface area contributed by atoms with E-state index in [1.54, 1.807) is 0 Å². The summed E-state index contributed by atoms with van der Waals surface area (Å²) in [5, 5.41) is 2.64. The Labute approximate surface area is 217 Å². The van der Waals surface area contributed by atoms with Crippen molar-refractivity contribution >= 4 is 36.0 Å². The van der Waals surface area contributed by atoms with E-state index in [4.69, 9.17) is 18.6 Å². The van der Waals surface area contributed by atoms with E-state index in [0.29, 0.717) is 0 Å². The van der Waals surface area contributed by atoms with Crippen LogP contribution < -0.4 is 0 Å². The molecule has 1 aromatic heterocycles. The lowest BCUT2D eigenvalue weighted by atomic mass is 9.50. The Morgan fingerprint density at radius 1 is 0.611 bits per heavy atom. The summed E-state index contributed by atoms with van der Waals surface area (Å²) in [4.78, 5) is 0. The van der Waals surface area contributed by atoms with Crippen LogP contribution in [0.1, 0.15) is 74.7 Å². The summed E-state index contributed by atoms with van der Waals surface area (Å²) in [7, 11) is -0.726. The highest BCUT2D eigenvalue weighted by atomic mass is 16.7. The molecule has 192 valence electrons. The number of fused-ring (bicyclic) bond motifs is 3. The van der Waals surface area contributed by atoms with Gasteiger partial charge in [-0.2, -0.15) is 0 Å². The second-order valence-electron chi connectivity index (χ2n) is 12.6. The van der Waals surface area contributed by atoms with Crippen LogP contribution >= 0.6 is 0 Å². The minimum atomic E-state index is -0.386. The summed E-state index contributed by atoms with van der Waals surface area (Å²) in [5.74, 6) is 0. The third kappa shape index (κ3) is 4.32. The van der Waals surface area contributed by atoms with Gasteiger partial charge in [-0.25, -0.2) is 0 Å². The van der Waals surface area contributed by atoms with Crippen molar-refractivity contribution in [3.63, 3.8) is 0 Å². The number of nitrogens with zero attached hydrogens (tertiary/aromatic N) is 1. The van der Waals surface area contributed by atoms with E-state index in [9.17, 15) is 0 Å². The first kappa shape index (κ1) is 25.8. The van der Waals surface area contributed by atoms with Crippen molar-refractivity contribution in [2.24, 2.45) is 0 Å². The topological polar surface area (TPSA) is 41.9 Å². The van der Waals surface area contributed by atoms with Crippen LogP contribution in [0.25, 0.3) is 21.8 Å². The van der Waals surface area contributed by atoms with Crippen LogP contribution in [0, 0.1) is 0 Å². The third-order valence-electron chi connectivity index (χ3n) is 9.09. The van der Waals surface area contributed by atoms with Crippen LogP contribution in [-0.4, -0.2) is 41.2 Å². The lowest BCUT2D eigenvalue weighted by molar-refractivity contribution is 0.00578. The van der Waals surface area contributed by atoms with Crippen molar-refractivity contribution in [1.29, 1.82) is 0 Å². The van der Waals surface area contributed by atoms with E-state index < -0.39 is 0 Å². The first-order valence-electron chi connectivity index (χ1n) is 13.5. The smallest absolute Gasteiger partial charge is 0.403 e. The number of para-hydroxylation sites is 2. The molecule has 0 aliphatic carbocycles. The van der Waals surface area contributed by atoms with E-state index in [0.717, 1.165) is 25.8 Å². The van der Waals surface area contributed by atoms with Gasteiger partial charge in [0.1, 0.15) is 0 Å². The normalized spacial score (nSPS) is 22.4. The predicted octanol–water partition coefficient (Wildman–Crippen LogP) is 7.06. The molecule has 0 radical (unpaired) electrons. The van der Waals surface area contributed by atoms with Gasteiger partial charge in [0.25, 0.3) is 0 Å². The number of hydrogen-bond acceptors (Lipinski definition) is 4. The van der Waals surface area contributed by atoms with Crippen LogP contribution in [-0.2, 0) is 25.2 Å². The first-order valence-corrected chi connectivity index (χ1v) is 13.5. The molecule has 36 heavy (non-hydrogen) atoms. The van der Waals surface area contributed by atoms with Gasteiger partial charge in [0.15, 0.2) is 0 Å². The zero-order chi connectivity index (χ0) is 25.9. The fourth-order valence-electron chi connectivity index (χ4n) is 5.42. The summed E-state index contributed by atoms with van der Waals surface area (Å²) >= 11 is 0. The van der Waals surface area contributed by atoms with Crippen LogP contribution in [0.2, 0.25) is 5.72 Å². The molecule has 0 amide bonds. The molecule has 0 spiro atoms. The Morgan fingerprint density at radius 3 is 1.42 bits per heavy atom. The molecule has 2 aliphatic rings. The summed E-state index contributed by atoms with van der Waals surface area (Å²) in [5.41, 5.74) is 1.04. The van der Waals surface area contributed by atoms with Gasteiger partial charge >= 0.3 is 14.2 Å². The molecular weight excluding hydrogens is 448 g/mol. The Balaban J connectivity index is 1.34. The second-order valence-corrected chi connectivity index (χ2v) is 12.6. The molecule has 2 aromatic carbocycles. The third-order valence-corrected chi connectivity index (χ3v) is 9.09. The Morgan fingerprint density at radius 2 is 1.00 bits per heavy atom. The van der Waals surface area contributed by atoms with Crippen molar-refractivity contribution in [1.82, 2.24) is 4.57 Å². The monoisotopic (exact) mass is 489 g/mol. The van der Waals surface area contributed by atoms with E-state index in [-0.39, 0.29) is 42.4 Å². The van der Waals surface area contributed by atoms with Gasteiger partial charge in [0, 0.05) is 34.1 Å². The molecule has 3 aromatic rings. The van der Waals surface area contributed by atoms with Crippen LogP contribution in [0.5, 0.6) is 0 Å².